The van der Waals surface area contributed by atoms with Crippen LogP contribution in [0.5, 0.6) is 0 Å². The Labute approximate surface area is 172 Å². The summed E-state index contributed by atoms with van der Waals surface area (Å²) >= 11 is 7.67. The first-order valence-corrected chi connectivity index (χ1v) is 10.3. The van der Waals surface area contributed by atoms with Gasteiger partial charge in [0.15, 0.2) is 16.7 Å². The molecule has 0 unspecified atom stereocenters. The standard InChI is InChI=1S/C19H20ClN5O2S/c1-23-18(16-7-4-12-27-16)21-22-19(23)28-13-17(26)25-10-8-24(9-11-25)15-6-3-2-5-14(15)20/h2-7,12H,8-11,13H2,1H3. The number of hydrogen-bond acceptors (Lipinski definition) is 6. The van der Waals surface area contributed by atoms with Crippen molar-refractivity contribution in [2.75, 3.05) is 36.8 Å². The van der Waals surface area contributed by atoms with Crippen LogP contribution in [0.15, 0.2) is 52.2 Å². The lowest BCUT2D eigenvalue weighted by Gasteiger charge is -2.36. The van der Waals surface area contributed by atoms with Crippen LogP contribution in [-0.2, 0) is 11.8 Å². The monoisotopic (exact) mass is 417 g/mol. The summed E-state index contributed by atoms with van der Waals surface area (Å²) in [6, 6.07) is 11.5. The van der Waals surface area contributed by atoms with Crippen molar-refractivity contribution in [2.45, 2.75) is 5.16 Å². The predicted molar refractivity (Wildman–Crippen MR) is 110 cm³/mol. The minimum Gasteiger partial charge on any atom is -0.461 e. The van der Waals surface area contributed by atoms with Gasteiger partial charge in [0.05, 0.1) is 22.7 Å². The van der Waals surface area contributed by atoms with Crippen molar-refractivity contribution in [3.63, 3.8) is 0 Å². The molecule has 1 aromatic carbocycles. The highest BCUT2D eigenvalue weighted by atomic mass is 35.5. The maximum Gasteiger partial charge on any atom is 0.233 e. The molecule has 1 aliphatic rings. The van der Waals surface area contributed by atoms with Crippen LogP contribution in [0.1, 0.15) is 0 Å². The molecule has 0 N–H and O–H groups in total. The number of halogens is 1. The number of benzene rings is 1. The van der Waals surface area contributed by atoms with E-state index in [1.165, 1.54) is 11.8 Å². The Kier molecular flexibility index (Phi) is 5.59. The first kappa shape index (κ1) is 18.9. The van der Waals surface area contributed by atoms with E-state index in [9.17, 15) is 4.79 Å². The Hall–Kier alpha value is -2.45. The number of anilines is 1. The highest BCUT2D eigenvalue weighted by Crippen LogP contribution is 2.27. The molecule has 7 nitrogen and oxygen atoms in total. The maximum atomic E-state index is 12.6. The number of aromatic nitrogens is 3. The zero-order valence-corrected chi connectivity index (χ0v) is 17.0. The number of carbonyl (C=O) groups excluding carboxylic acids is 1. The molecule has 3 heterocycles. The molecular weight excluding hydrogens is 398 g/mol. The van der Waals surface area contributed by atoms with Crippen LogP contribution >= 0.6 is 23.4 Å². The zero-order valence-electron chi connectivity index (χ0n) is 15.4. The van der Waals surface area contributed by atoms with E-state index in [-0.39, 0.29) is 5.91 Å². The Balaban J connectivity index is 1.31. The molecule has 0 saturated carbocycles. The summed E-state index contributed by atoms with van der Waals surface area (Å²) in [6.07, 6.45) is 1.60. The minimum atomic E-state index is 0.103. The van der Waals surface area contributed by atoms with Gasteiger partial charge in [-0.3, -0.25) is 4.79 Å². The van der Waals surface area contributed by atoms with Crippen molar-refractivity contribution in [1.82, 2.24) is 19.7 Å². The second kappa shape index (κ2) is 8.28. The molecule has 2 aromatic heterocycles. The lowest BCUT2D eigenvalue weighted by Crippen LogP contribution is -2.49. The summed E-state index contributed by atoms with van der Waals surface area (Å²) in [6.45, 7) is 2.90. The fourth-order valence-electron chi connectivity index (χ4n) is 3.18. The third kappa shape index (κ3) is 3.88. The molecule has 0 atom stereocenters. The number of thioether (sulfide) groups is 1. The van der Waals surface area contributed by atoms with Gasteiger partial charge in [-0.25, -0.2) is 0 Å². The van der Waals surface area contributed by atoms with Gasteiger partial charge in [0.25, 0.3) is 0 Å². The predicted octanol–water partition coefficient (Wildman–Crippen LogP) is 3.17. The molecule has 9 heteroatoms. The molecular formula is C19H20ClN5O2S. The fraction of sp³-hybridized carbons (Fsp3) is 0.316. The lowest BCUT2D eigenvalue weighted by molar-refractivity contribution is -0.128. The van der Waals surface area contributed by atoms with Gasteiger partial charge in [0.2, 0.25) is 5.91 Å². The molecule has 1 saturated heterocycles. The van der Waals surface area contributed by atoms with E-state index >= 15 is 0 Å². The molecule has 0 bridgehead atoms. The fourth-order valence-corrected chi connectivity index (χ4v) is 4.25. The van der Waals surface area contributed by atoms with E-state index in [1.807, 2.05) is 52.9 Å². The van der Waals surface area contributed by atoms with E-state index in [2.05, 4.69) is 15.1 Å². The summed E-state index contributed by atoms with van der Waals surface area (Å²) in [4.78, 5) is 16.7. The van der Waals surface area contributed by atoms with Gasteiger partial charge in [-0.2, -0.15) is 0 Å². The second-order valence-electron chi connectivity index (χ2n) is 6.45. The van der Waals surface area contributed by atoms with Gasteiger partial charge in [-0.1, -0.05) is 35.5 Å². The normalized spacial score (nSPS) is 14.5. The van der Waals surface area contributed by atoms with Gasteiger partial charge in [0, 0.05) is 33.2 Å². The Morgan fingerprint density at radius 2 is 1.93 bits per heavy atom. The topological polar surface area (TPSA) is 67.4 Å². The van der Waals surface area contributed by atoms with E-state index in [0.717, 1.165) is 23.8 Å². The van der Waals surface area contributed by atoms with E-state index in [1.54, 1.807) is 6.26 Å². The summed E-state index contributed by atoms with van der Waals surface area (Å²) in [5.41, 5.74) is 1.02. The largest absolute Gasteiger partial charge is 0.461 e. The summed E-state index contributed by atoms with van der Waals surface area (Å²) < 4.78 is 7.21. The van der Waals surface area contributed by atoms with Crippen LogP contribution in [0.4, 0.5) is 5.69 Å². The molecule has 0 spiro atoms. The van der Waals surface area contributed by atoms with Gasteiger partial charge < -0.3 is 18.8 Å². The highest BCUT2D eigenvalue weighted by molar-refractivity contribution is 7.99. The van der Waals surface area contributed by atoms with E-state index in [4.69, 9.17) is 16.0 Å². The first-order valence-electron chi connectivity index (χ1n) is 8.97. The smallest absolute Gasteiger partial charge is 0.233 e. The second-order valence-corrected chi connectivity index (χ2v) is 7.80. The third-order valence-electron chi connectivity index (χ3n) is 4.73. The number of rotatable bonds is 5. The van der Waals surface area contributed by atoms with Crippen molar-refractivity contribution in [1.29, 1.82) is 0 Å². The zero-order chi connectivity index (χ0) is 19.5. The lowest BCUT2D eigenvalue weighted by atomic mass is 10.2. The Morgan fingerprint density at radius 1 is 1.14 bits per heavy atom. The molecule has 1 fully saturated rings. The van der Waals surface area contributed by atoms with Crippen molar-refractivity contribution in [3.05, 3.63) is 47.7 Å². The van der Waals surface area contributed by atoms with Crippen LogP contribution < -0.4 is 4.90 Å². The number of nitrogens with zero attached hydrogens (tertiary/aromatic N) is 5. The Bertz CT molecular complexity index is 951. The van der Waals surface area contributed by atoms with Gasteiger partial charge >= 0.3 is 0 Å². The van der Waals surface area contributed by atoms with Crippen LogP contribution in [0.3, 0.4) is 0 Å². The molecule has 1 aliphatic heterocycles. The van der Waals surface area contributed by atoms with Crippen LogP contribution in [-0.4, -0.2) is 57.5 Å². The minimum absolute atomic E-state index is 0.103. The number of amides is 1. The Morgan fingerprint density at radius 3 is 2.64 bits per heavy atom. The SMILES string of the molecule is Cn1c(SCC(=O)N2CCN(c3ccccc3Cl)CC2)nnc1-c1ccco1. The third-order valence-corrected chi connectivity index (χ3v) is 6.05. The van der Waals surface area contributed by atoms with Gasteiger partial charge in [-0.15, -0.1) is 10.2 Å². The molecule has 1 amide bonds. The molecule has 0 aliphatic carbocycles. The van der Waals surface area contributed by atoms with E-state index in [0.29, 0.717) is 35.6 Å². The van der Waals surface area contributed by atoms with Crippen LogP contribution in [0, 0.1) is 0 Å². The molecule has 4 rings (SSSR count). The number of carbonyl (C=O) groups is 1. The van der Waals surface area contributed by atoms with Crippen molar-refractivity contribution in [3.8, 4) is 11.6 Å². The van der Waals surface area contributed by atoms with Crippen LogP contribution in [0.2, 0.25) is 5.02 Å². The van der Waals surface area contributed by atoms with Gasteiger partial charge in [-0.05, 0) is 24.3 Å². The quantitative estimate of drug-likeness (QED) is 0.594. The first-order chi connectivity index (χ1) is 13.6. The highest BCUT2D eigenvalue weighted by Gasteiger charge is 2.23. The molecule has 3 aromatic rings. The summed E-state index contributed by atoms with van der Waals surface area (Å²) in [5.74, 6) is 1.74. The molecule has 28 heavy (non-hydrogen) atoms. The summed E-state index contributed by atoms with van der Waals surface area (Å²) in [5, 5.41) is 9.76. The van der Waals surface area contributed by atoms with Gasteiger partial charge in [0.1, 0.15) is 0 Å². The average Bonchev–Trinajstić information content (AvgIpc) is 3.36. The number of piperazine rings is 1. The molecule has 146 valence electrons. The number of para-hydroxylation sites is 1. The number of hydrogen-bond donors (Lipinski definition) is 0. The van der Waals surface area contributed by atoms with Crippen molar-refractivity contribution >= 4 is 35.0 Å². The average molecular weight is 418 g/mol. The maximum absolute atomic E-state index is 12.6. The van der Waals surface area contributed by atoms with Crippen molar-refractivity contribution in [2.24, 2.45) is 7.05 Å². The number of furan rings is 1. The molecule has 0 radical (unpaired) electrons. The van der Waals surface area contributed by atoms with Crippen molar-refractivity contribution < 1.29 is 9.21 Å². The summed E-state index contributed by atoms with van der Waals surface area (Å²) in [7, 11) is 1.87. The van der Waals surface area contributed by atoms with E-state index < -0.39 is 0 Å². The van der Waals surface area contributed by atoms with Crippen LogP contribution in [0.25, 0.3) is 11.6 Å².